The molecule has 0 spiro atoms. The fraction of sp³-hybridized carbons (Fsp3) is 0.370. The number of likely N-dealkylation sites (N-methyl/N-ethyl adjacent to an activating group) is 1. The van der Waals surface area contributed by atoms with E-state index in [9.17, 15) is 4.79 Å². The molecule has 2 heterocycles. The van der Waals surface area contributed by atoms with Crippen LogP contribution < -0.4 is 4.74 Å². The van der Waals surface area contributed by atoms with Crippen molar-refractivity contribution < 1.29 is 9.53 Å². The third-order valence-corrected chi connectivity index (χ3v) is 7.46. The van der Waals surface area contributed by atoms with Gasteiger partial charge in [-0.25, -0.2) is 0 Å². The molecule has 4 rings (SSSR count). The van der Waals surface area contributed by atoms with E-state index in [1.54, 1.807) is 7.11 Å². The van der Waals surface area contributed by atoms with E-state index in [0.717, 1.165) is 49.5 Å². The first kappa shape index (κ1) is 22.6. The Balaban J connectivity index is 1.45. The van der Waals surface area contributed by atoms with Gasteiger partial charge in [-0.1, -0.05) is 54.6 Å². The molecule has 4 nitrogen and oxygen atoms in total. The van der Waals surface area contributed by atoms with Gasteiger partial charge in [0.2, 0.25) is 0 Å². The lowest BCUT2D eigenvalue weighted by Gasteiger charge is -2.40. The summed E-state index contributed by atoms with van der Waals surface area (Å²) in [5.74, 6) is 1.58. The molecule has 1 aliphatic rings. The third-order valence-electron chi connectivity index (χ3n) is 6.60. The SMILES string of the molecule is COc1ccccc1CN1CCC([C@@H](Cc2ccccc2)N(C)C(=O)c2cccs2)CC1. The number of carbonyl (C=O) groups is 1. The van der Waals surface area contributed by atoms with Crippen molar-refractivity contribution in [2.45, 2.75) is 31.8 Å². The highest BCUT2D eigenvalue weighted by Crippen LogP contribution is 2.29. The van der Waals surface area contributed by atoms with Gasteiger partial charge in [-0.15, -0.1) is 11.3 Å². The van der Waals surface area contributed by atoms with Gasteiger partial charge in [0.25, 0.3) is 5.91 Å². The topological polar surface area (TPSA) is 32.8 Å². The highest BCUT2D eigenvalue weighted by Gasteiger charge is 2.32. The maximum Gasteiger partial charge on any atom is 0.263 e. The highest BCUT2D eigenvalue weighted by atomic mass is 32.1. The molecule has 1 amide bonds. The maximum absolute atomic E-state index is 13.2. The van der Waals surface area contributed by atoms with Gasteiger partial charge in [0.15, 0.2) is 0 Å². The second-order valence-corrected chi connectivity index (χ2v) is 9.52. The molecule has 1 atom stereocenters. The predicted molar refractivity (Wildman–Crippen MR) is 131 cm³/mol. The lowest BCUT2D eigenvalue weighted by atomic mass is 9.84. The summed E-state index contributed by atoms with van der Waals surface area (Å²) in [7, 11) is 3.72. The molecular formula is C27H32N2O2S. The average Bonchev–Trinajstić information content (AvgIpc) is 3.38. The molecule has 1 aromatic heterocycles. The van der Waals surface area contributed by atoms with Crippen LogP contribution in [-0.2, 0) is 13.0 Å². The standard InChI is InChI=1S/C27H32N2O2S/c1-28(27(30)26-13-8-18-32-26)24(19-21-9-4-3-5-10-21)22-14-16-29(17-15-22)20-23-11-6-7-12-25(23)31-2/h3-13,18,22,24H,14-17,19-20H2,1-2H3/t24-/m1/s1. The van der Waals surface area contributed by atoms with Crippen LogP contribution in [0.5, 0.6) is 5.75 Å². The maximum atomic E-state index is 13.2. The van der Waals surface area contributed by atoms with Gasteiger partial charge >= 0.3 is 0 Å². The van der Waals surface area contributed by atoms with Crippen LogP contribution in [0.25, 0.3) is 0 Å². The quantitative estimate of drug-likeness (QED) is 0.466. The third kappa shape index (κ3) is 5.40. The van der Waals surface area contributed by atoms with Gasteiger partial charge in [0.05, 0.1) is 12.0 Å². The van der Waals surface area contributed by atoms with Crippen molar-refractivity contribution in [2.75, 3.05) is 27.2 Å². The number of benzene rings is 2. The number of thiophene rings is 1. The monoisotopic (exact) mass is 448 g/mol. The number of para-hydroxylation sites is 1. The molecule has 1 saturated heterocycles. The molecule has 0 saturated carbocycles. The zero-order valence-corrected chi connectivity index (χ0v) is 19.8. The minimum absolute atomic E-state index is 0.136. The summed E-state index contributed by atoms with van der Waals surface area (Å²) >= 11 is 1.52. The first-order valence-corrected chi connectivity index (χ1v) is 12.2. The molecule has 2 aromatic carbocycles. The van der Waals surface area contributed by atoms with Crippen molar-refractivity contribution in [3.63, 3.8) is 0 Å². The number of nitrogens with zero attached hydrogens (tertiary/aromatic N) is 2. The first-order chi connectivity index (χ1) is 15.7. The lowest BCUT2D eigenvalue weighted by molar-refractivity contribution is 0.0589. The van der Waals surface area contributed by atoms with Gasteiger partial charge in [-0.05, 0) is 61.3 Å². The van der Waals surface area contributed by atoms with Crippen LogP contribution in [0.3, 0.4) is 0 Å². The predicted octanol–water partition coefficient (Wildman–Crippen LogP) is 5.35. The molecular weight excluding hydrogens is 416 g/mol. The second-order valence-electron chi connectivity index (χ2n) is 8.58. The summed E-state index contributed by atoms with van der Waals surface area (Å²) in [6.07, 6.45) is 3.08. The Morgan fingerprint density at radius 3 is 2.47 bits per heavy atom. The lowest BCUT2D eigenvalue weighted by Crippen LogP contribution is -2.47. The molecule has 0 N–H and O–H groups in total. The van der Waals surface area contributed by atoms with E-state index in [0.29, 0.717) is 5.92 Å². The Morgan fingerprint density at radius 1 is 1.06 bits per heavy atom. The summed E-state index contributed by atoms with van der Waals surface area (Å²) in [6, 6.07) is 22.9. The molecule has 32 heavy (non-hydrogen) atoms. The summed E-state index contributed by atoms with van der Waals surface area (Å²) in [5.41, 5.74) is 2.53. The Morgan fingerprint density at radius 2 is 1.78 bits per heavy atom. The number of rotatable bonds is 8. The molecule has 1 fully saturated rings. The van der Waals surface area contributed by atoms with Crippen LogP contribution in [0.2, 0.25) is 0 Å². The van der Waals surface area contributed by atoms with Crippen molar-refractivity contribution in [1.29, 1.82) is 0 Å². The smallest absolute Gasteiger partial charge is 0.263 e. The van der Waals surface area contributed by atoms with Gasteiger partial charge < -0.3 is 9.64 Å². The van der Waals surface area contributed by atoms with Crippen molar-refractivity contribution in [1.82, 2.24) is 9.80 Å². The van der Waals surface area contributed by atoms with Crippen LogP contribution in [0.1, 0.15) is 33.6 Å². The van der Waals surface area contributed by atoms with Crippen LogP contribution >= 0.6 is 11.3 Å². The van der Waals surface area contributed by atoms with Crippen LogP contribution in [-0.4, -0.2) is 49.0 Å². The van der Waals surface area contributed by atoms with E-state index in [1.165, 1.54) is 22.5 Å². The summed E-state index contributed by atoms with van der Waals surface area (Å²) < 4.78 is 5.54. The molecule has 0 bridgehead atoms. The average molecular weight is 449 g/mol. The Bertz CT molecular complexity index is 982. The minimum atomic E-state index is 0.136. The van der Waals surface area contributed by atoms with Crippen molar-refractivity contribution in [2.24, 2.45) is 5.92 Å². The van der Waals surface area contributed by atoms with Crippen molar-refractivity contribution in [3.05, 3.63) is 88.1 Å². The molecule has 0 radical (unpaired) electrons. The number of piperidine rings is 1. The van der Waals surface area contributed by atoms with Gasteiger partial charge in [-0.2, -0.15) is 0 Å². The fourth-order valence-electron chi connectivity index (χ4n) is 4.77. The largest absolute Gasteiger partial charge is 0.496 e. The van der Waals surface area contributed by atoms with Crippen molar-refractivity contribution >= 4 is 17.2 Å². The summed E-state index contributed by atoms with van der Waals surface area (Å²) in [6.45, 7) is 2.98. The normalized spacial score (nSPS) is 15.9. The van der Waals surface area contributed by atoms with E-state index in [2.05, 4.69) is 47.4 Å². The summed E-state index contributed by atoms with van der Waals surface area (Å²) in [4.78, 5) is 18.5. The van der Waals surface area contributed by atoms with Crippen LogP contribution in [0.4, 0.5) is 0 Å². The Hall–Kier alpha value is -2.63. The number of likely N-dealkylation sites (tertiary alicyclic amines) is 1. The number of carbonyl (C=O) groups excluding carboxylic acids is 1. The van der Waals surface area contributed by atoms with Gasteiger partial charge in [-0.3, -0.25) is 9.69 Å². The molecule has 5 heteroatoms. The van der Waals surface area contributed by atoms with E-state index in [-0.39, 0.29) is 11.9 Å². The zero-order valence-electron chi connectivity index (χ0n) is 18.9. The second kappa shape index (κ2) is 10.8. The van der Waals surface area contributed by atoms with Gasteiger partial charge in [0, 0.05) is 25.2 Å². The fourth-order valence-corrected chi connectivity index (χ4v) is 5.48. The molecule has 0 aliphatic carbocycles. The number of hydrogen-bond acceptors (Lipinski definition) is 4. The van der Waals surface area contributed by atoms with E-state index in [1.807, 2.05) is 41.6 Å². The number of ether oxygens (including phenoxy) is 1. The molecule has 1 aliphatic heterocycles. The molecule has 3 aromatic rings. The minimum Gasteiger partial charge on any atom is -0.496 e. The Kier molecular flexibility index (Phi) is 7.61. The number of methoxy groups -OCH3 is 1. The molecule has 0 unspecified atom stereocenters. The van der Waals surface area contributed by atoms with E-state index < -0.39 is 0 Å². The van der Waals surface area contributed by atoms with E-state index >= 15 is 0 Å². The molecule has 168 valence electrons. The van der Waals surface area contributed by atoms with Crippen molar-refractivity contribution in [3.8, 4) is 5.75 Å². The zero-order chi connectivity index (χ0) is 22.3. The number of hydrogen-bond donors (Lipinski definition) is 0. The van der Waals surface area contributed by atoms with Crippen LogP contribution in [0.15, 0.2) is 72.1 Å². The van der Waals surface area contributed by atoms with Crippen LogP contribution in [0, 0.1) is 5.92 Å². The Labute approximate surface area is 195 Å². The highest BCUT2D eigenvalue weighted by molar-refractivity contribution is 7.12. The van der Waals surface area contributed by atoms with E-state index in [4.69, 9.17) is 4.74 Å². The van der Waals surface area contributed by atoms with Gasteiger partial charge in [0.1, 0.15) is 5.75 Å². The number of amides is 1. The first-order valence-electron chi connectivity index (χ1n) is 11.3. The summed E-state index contributed by atoms with van der Waals surface area (Å²) in [5, 5.41) is 1.98.